The zero-order chi connectivity index (χ0) is 21.5. The quantitative estimate of drug-likeness (QED) is 0.652. The number of nitrogens with zero attached hydrogens (tertiary/aromatic N) is 6. The predicted molar refractivity (Wildman–Crippen MR) is 114 cm³/mol. The summed E-state index contributed by atoms with van der Waals surface area (Å²) in [5, 5.41) is 8.73. The molecule has 0 bridgehead atoms. The minimum atomic E-state index is -0.497. The molecule has 1 saturated carbocycles. The Kier molecular flexibility index (Phi) is 5.26. The first-order valence-corrected chi connectivity index (χ1v) is 10.5. The summed E-state index contributed by atoms with van der Waals surface area (Å²) in [5.74, 6) is 0.254. The second-order valence-electron chi connectivity index (χ2n) is 9.18. The number of carbonyl (C=O) groups is 1. The highest BCUT2D eigenvalue weighted by atomic mass is 16.6. The fraction of sp³-hybridized carbons (Fsp3) is 0.545. The van der Waals surface area contributed by atoms with Crippen molar-refractivity contribution in [1.82, 2.24) is 29.3 Å². The standard InChI is InChI=1S/C22H30N6O2/c1-22(2,3)30-21(29)27(5)17-8-6-7-15(11-17)20-19-9-10-23-28(19)14-18(25-20)16-12-24-26(4)13-16/h9-10,12-15,17H,6-8,11H2,1-5H3/t15-,17-/m1/s1. The van der Waals surface area contributed by atoms with E-state index in [0.29, 0.717) is 0 Å². The van der Waals surface area contributed by atoms with Crippen molar-refractivity contribution in [3.8, 4) is 11.3 Å². The van der Waals surface area contributed by atoms with Crippen molar-refractivity contribution in [2.24, 2.45) is 7.05 Å². The number of rotatable bonds is 3. The molecule has 0 spiro atoms. The van der Waals surface area contributed by atoms with Gasteiger partial charge in [-0.3, -0.25) is 4.68 Å². The van der Waals surface area contributed by atoms with Crippen molar-refractivity contribution >= 4 is 11.6 Å². The molecule has 30 heavy (non-hydrogen) atoms. The van der Waals surface area contributed by atoms with Crippen molar-refractivity contribution in [2.45, 2.75) is 64.0 Å². The molecule has 4 rings (SSSR count). The smallest absolute Gasteiger partial charge is 0.410 e. The number of carbonyl (C=O) groups excluding carboxylic acids is 1. The van der Waals surface area contributed by atoms with E-state index < -0.39 is 5.60 Å². The van der Waals surface area contributed by atoms with E-state index in [1.54, 1.807) is 15.8 Å². The van der Waals surface area contributed by atoms with Gasteiger partial charge < -0.3 is 9.64 Å². The molecule has 0 N–H and O–H groups in total. The van der Waals surface area contributed by atoms with E-state index in [2.05, 4.69) is 10.2 Å². The SMILES string of the molecule is CN(C(=O)OC(C)(C)C)[C@@H]1CCC[C@@H](c2nc(-c3cnn(C)c3)cn3nccc23)C1. The van der Waals surface area contributed by atoms with Gasteiger partial charge in [-0.1, -0.05) is 6.42 Å². The first kappa shape index (κ1) is 20.4. The molecule has 3 heterocycles. The van der Waals surface area contributed by atoms with E-state index in [1.807, 2.05) is 64.0 Å². The van der Waals surface area contributed by atoms with Gasteiger partial charge in [0.2, 0.25) is 0 Å². The predicted octanol–water partition coefficient (Wildman–Crippen LogP) is 4.02. The number of amides is 1. The van der Waals surface area contributed by atoms with Crippen molar-refractivity contribution < 1.29 is 9.53 Å². The summed E-state index contributed by atoms with van der Waals surface area (Å²) in [6.07, 6.45) is 11.2. The van der Waals surface area contributed by atoms with Gasteiger partial charge in [-0.15, -0.1) is 0 Å². The fourth-order valence-electron chi connectivity index (χ4n) is 4.19. The number of hydrogen-bond donors (Lipinski definition) is 0. The molecule has 3 aromatic rings. The lowest BCUT2D eigenvalue weighted by Crippen LogP contribution is -2.42. The Hall–Kier alpha value is -2.90. The second kappa shape index (κ2) is 7.74. The van der Waals surface area contributed by atoms with Gasteiger partial charge in [0, 0.05) is 37.8 Å². The van der Waals surface area contributed by atoms with E-state index in [9.17, 15) is 4.79 Å². The third-order valence-electron chi connectivity index (χ3n) is 5.68. The van der Waals surface area contributed by atoms with Crippen LogP contribution in [0.1, 0.15) is 58.1 Å². The molecule has 0 unspecified atom stereocenters. The van der Waals surface area contributed by atoms with Crippen LogP contribution >= 0.6 is 0 Å². The third-order valence-corrected chi connectivity index (χ3v) is 5.68. The van der Waals surface area contributed by atoms with Crippen molar-refractivity contribution in [3.63, 3.8) is 0 Å². The minimum Gasteiger partial charge on any atom is -0.444 e. The van der Waals surface area contributed by atoms with E-state index >= 15 is 0 Å². The van der Waals surface area contributed by atoms with Gasteiger partial charge in [-0.05, 0) is 46.1 Å². The topological polar surface area (TPSA) is 77.6 Å². The van der Waals surface area contributed by atoms with Crippen LogP contribution in [-0.2, 0) is 11.8 Å². The second-order valence-corrected chi connectivity index (χ2v) is 9.18. The van der Waals surface area contributed by atoms with Crippen molar-refractivity contribution in [3.05, 3.63) is 36.5 Å². The summed E-state index contributed by atoms with van der Waals surface area (Å²) < 4.78 is 9.25. The zero-order valence-electron chi connectivity index (χ0n) is 18.4. The Bertz CT molecular complexity index is 1050. The molecule has 8 heteroatoms. The average Bonchev–Trinajstić information content (AvgIpc) is 3.34. The van der Waals surface area contributed by atoms with Gasteiger partial charge in [0.05, 0.1) is 35.5 Å². The van der Waals surface area contributed by atoms with Crippen molar-refractivity contribution in [1.29, 1.82) is 0 Å². The number of fused-ring (bicyclic) bond motifs is 1. The maximum absolute atomic E-state index is 12.6. The highest BCUT2D eigenvalue weighted by molar-refractivity contribution is 5.68. The van der Waals surface area contributed by atoms with Crippen molar-refractivity contribution in [2.75, 3.05) is 7.05 Å². The lowest BCUT2D eigenvalue weighted by Gasteiger charge is -2.36. The van der Waals surface area contributed by atoms with E-state index in [1.165, 1.54) is 0 Å². The molecule has 1 fully saturated rings. The zero-order valence-corrected chi connectivity index (χ0v) is 18.4. The summed E-state index contributed by atoms with van der Waals surface area (Å²) in [6.45, 7) is 5.69. The van der Waals surface area contributed by atoms with Crippen LogP contribution in [0.25, 0.3) is 16.8 Å². The van der Waals surface area contributed by atoms with E-state index in [-0.39, 0.29) is 18.1 Å². The molecule has 1 amide bonds. The summed E-state index contributed by atoms with van der Waals surface area (Å²) in [5.41, 5.74) is 3.39. The normalized spacial score (nSPS) is 19.8. The van der Waals surface area contributed by atoms with Crippen LogP contribution in [0.4, 0.5) is 4.79 Å². The average molecular weight is 411 g/mol. The maximum Gasteiger partial charge on any atom is 0.410 e. The molecular formula is C22H30N6O2. The molecule has 1 aliphatic rings. The van der Waals surface area contributed by atoms with Gasteiger partial charge in [0.1, 0.15) is 5.60 Å². The van der Waals surface area contributed by atoms with Crippen LogP contribution < -0.4 is 0 Å². The lowest BCUT2D eigenvalue weighted by molar-refractivity contribution is 0.0180. The Morgan fingerprint density at radius 3 is 2.73 bits per heavy atom. The van der Waals surface area contributed by atoms with Gasteiger partial charge in [0.25, 0.3) is 0 Å². The molecular weight excluding hydrogens is 380 g/mol. The largest absolute Gasteiger partial charge is 0.444 e. The summed E-state index contributed by atoms with van der Waals surface area (Å²) in [4.78, 5) is 19.4. The Labute approximate surface area is 176 Å². The van der Waals surface area contributed by atoms with Crippen LogP contribution in [0.3, 0.4) is 0 Å². The molecule has 160 valence electrons. The monoisotopic (exact) mass is 410 g/mol. The maximum atomic E-state index is 12.6. The van der Waals surface area contributed by atoms with Crippen LogP contribution in [0.2, 0.25) is 0 Å². The Balaban J connectivity index is 1.62. The molecule has 8 nitrogen and oxygen atoms in total. The van der Waals surface area contributed by atoms with Gasteiger partial charge >= 0.3 is 6.09 Å². The van der Waals surface area contributed by atoms with Crippen LogP contribution in [0.5, 0.6) is 0 Å². The van der Waals surface area contributed by atoms with Gasteiger partial charge in [-0.2, -0.15) is 10.2 Å². The number of aromatic nitrogens is 5. The summed E-state index contributed by atoms with van der Waals surface area (Å²) in [7, 11) is 3.74. The number of ether oxygens (including phenoxy) is 1. The van der Waals surface area contributed by atoms with Gasteiger partial charge in [-0.25, -0.2) is 14.3 Å². The lowest BCUT2D eigenvalue weighted by atomic mass is 9.82. The Morgan fingerprint density at radius 1 is 1.23 bits per heavy atom. The van der Waals surface area contributed by atoms with E-state index in [4.69, 9.17) is 9.72 Å². The van der Waals surface area contributed by atoms with Crippen LogP contribution in [-0.4, -0.2) is 54.1 Å². The third kappa shape index (κ3) is 4.17. The van der Waals surface area contributed by atoms with Crippen LogP contribution in [0.15, 0.2) is 30.9 Å². The summed E-state index contributed by atoms with van der Waals surface area (Å²) >= 11 is 0. The van der Waals surface area contributed by atoms with E-state index in [0.717, 1.165) is 48.2 Å². The Morgan fingerprint density at radius 2 is 2.03 bits per heavy atom. The fourth-order valence-corrected chi connectivity index (χ4v) is 4.19. The summed E-state index contributed by atoms with van der Waals surface area (Å²) in [6, 6.07) is 2.14. The molecule has 0 saturated heterocycles. The molecule has 0 aromatic carbocycles. The van der Waals surface area contributed by atoms with Gasteiger partial charge in [0.15, 0.2) is 0 Å². The molecule has 1 aliphatic carbocycles. The highest BCUT2D eigenvalue weighted by Crippen LogP contribution is 2.37. The number of aryl methyl sites for hydroxylation is 1. The molecule has 3 aromatic heterocycles. The highest BCUT2D eigenvalue weighted by Gasteiger charge is 2.32. The first-order chi connectivity index (χ1) is 14.2. The molecule has 2 atom stereocenters. The molecule has 0 radical (unpaired) electrons. The van der Waals surface area contributed by atoms with Crippen LogP contribution in [0, 0.1) is 0 Å². The first-order valence-electron chi connectivity index (χ1n) is 10.5. The molecule has 0 aliphatic heterocycles. The minimum absolute atomic E-state index is 0.130. The number of hydrogen-bond acceptors (Lipinski definition) is 5.